The van der Waals surface area contributed by atoms with Crippen molar-refractivity contribution in [2.75, 3.05) is 13.2 Å². The molecule has 1 unspecified atom stereocenters. The number of H-pyrrole nitrogens is 1. The number of rotatable bonds is 4. The van der Waals surface area contributed by atoms with Crippen molar-refractivity contribution >= 4 is 0 Å². The summed E-state index contributed by atoms with van der Waals surface area (Å²) in [6, 6.07) is 0. The molecular weight excluding hydrogens is 166 g/mol. The van der Waals surface area contributed by atoms with Crippen LogP contribution in [-0.2, 0) is 11.3 Å². The smallest absolute Gasteiger partial charge is 0.120 e. The van der Waals surface area contributed by atoms with Crippen LogP contribution in [0.3, 0.4) is 0 Å². The molecule has 13 heavy (non-hydrogen) atoms. The van der Waals surface area contributed by atoms with E-state index in [2.05, 4.69) is 15.3 Å². The van der Waals surface area contributed by atoms with Crippen molar-refractivity contribution in [3.63, 3.8) is 0 Å². The van der Waals surface area contributed by atoms with Gasteiger partial charge >= 0.3 is 0 Å². The molecule has 0 saturated carbocycles. The Labute approximate surface area is 77.7 Å². The number of imidazole rings is 1. The Hall–Kier alpha value is -0.870. The number of aromatic amines is 1. The molecule has 1 aliphatic rings. The van der Waals surface area contributed by atoms with Gasteiger partial charge in [-0.2, -0.15) is 0 Å². The third-order valence-electron chi connectivity index (χ3n) is 2.24. The predicted octanol–water partition coefficient (Wildman–Crippen LogP) is 0.678. The Morgan fingerprint density at radius 1 is 1.69 bits per heavy atom. The van der Waals surface area contributed by atoms with Gasteiger partial charge in [0, 0.05) is 25.5 Å². The largest absolute Gasteiger partial charge is 0.377 e. The van der Waals surface area contributed by atoms with Gasteiger partial charge in [-0.1, -0.05) is 0 Å². The van der Waals surface area contributed by atoms with Crippen LogP contribution in [0.4, 0.5) is 0 Å². The summed E-state index contributed by atoms with van der Waals surface area (Å²) in [7, 11) is 0. The fraction of sp³-hybridized carbons (Fsp3) is 0.667. The van der Waals surface area contributed by atoms with Crippen molar-refractivity contribution in [1.29, 1.82) is 0 Å². The standard InChI is InChI=1S/C9H15N3O/c1-2-8(13-5-1)6-10-7-9-11-3-4-12-9/h3-4,8,10H,1-2,5-7H2,(H,11,12). The molecule has 4 heteroatoms. The predicted molar refractivity (Wildman–Crippen MR) is 49.3 cm³/mol. The molecule has 1 saturated heterocycles. The SMILES string of the molecule is c1c[nH]c(CNCC2CCCO2)n1. The lowest BCUT2D eigenvalue weighted by atomic mass is 10.2. The van der Waals surface area contributed by atoms with Crippen LogP contribution in [0.2, 0.25) is 0 Å². The highest BCUT2D eigenvalue weighted by molar-refractivity contribution is 4.86. The topological polar surface area (TPSA) is 49.9 Å². The summed E-state index contributed by atoms with van der Waals surface area (Å²) in [5.74, 6) is 0.984. The molecule has 0 amide bonds. The van der Waals surface area contributed by atoms with E-state index in [1.54, 1.807) is 6.20 Å². The number of aromatic nitrogens is 2. The second-order valence-corrected chi connectivity index (χ2v) is 3.30. The number of nitrogens with zero attached hydrogens (tertiary/aromatic N) is 1. The minimum Gasteiger partial charge on any atom is -0.377 e. The highest BCUT2D eigenvalue weighted by atomic mass is 16.5. The van der Waals surface area contributed by atoms with Crippen LogP contribution in [0, 0.1) is 0 Å². The van der Waals surface area contributed by atoms with Crippen molar-refractivity contribution in [2.45, 2.75) is 25.5 Å². The summed E-state index contributed by atoms with van der Waals surface area (Å²) >= 11 is 0. The Morgan fingerprint density at radius 2 is 2.69 bits per heavy atom. The number of hydrogen-bond donors (Lipinski definition) is 2. The molecular formula is C9H15N3O. The fourth-order valence-corrected chi connectivity index (χ4v) is 1.55. The molecule has 2 rings (SSSR count). The lowest BCUT2D eigenvalue weighted by molar-refractivity contribution is 0.110. The van der Waals surface area contributed by atoms with Gasteiger partial charge in [0.15, 0.2) is 0 Å². The van der Waals surface area contributed by atoms with Crippen molar-refractivity contribution in [2.24, 2.45) is 0 Å². The molecule has 0 spiro atoms. The van der Waals surface area contributed by atoms with E-state index in [0.29, 0.717) is 6.10 Å². The summed E-state index contributed by atoms with van der Waals surface area (Å²) in [6.07, 6.45) is 6.40. The second kappa shape index (κ2) is 4.39. The first-order valence-corrected chi connectivity index (χ1v) is 4.76. The maximum atomic E-state index is 5.48. The van der Waals surface area contributed by atoms with Gasteiger partial charge < -0.3 is 15.0 Å². The Bertz CT molecular complexity index is 229. The monoisotopic (exact) mass is 181 g/mol. The first kappa shape index (κ1) is 8.72. The molecule has 1 aromatic heterocycles. The van der Waals surface area contributed by atoms with Gasteiger partial charge in [0.25, 0.3) is 0 Å². The van der Waals surface area contributed by atoms with Crippen molar-refractivity contribution in [3.8, 4) is 0 Å². The van der Waals surface area contributed by atoms with Gasteiger partial charge in [-0.15, -0.1) is 0 Å². The highest BCUT2D eigenvalue weighted by Gasteiger charge is 2.14. The van der Waals surface area contributed by atoms with E-state index in [-0.39, 0.29) is 0 Å². The molecule has 1 fully saturated rings. The summed E-state index contributed by atoms with van der Waals surface area (Å²) in [5.41, 5.74) is 0. The minimum atomic E-state index is 0.412. The molecule has 1 atom stereocenters. The molecule has 72 valence electrons. The van der Waals surface area contributed by atoms with E-state index in [1.165, 1.54) is 12.8 Å². The zero-order chi connectivity index (χ0) is 8.93. The maximum Gasteiger partial charge on any atom is 0.120 e. The summed E-state index contributed by atoms with van der Waals surface area (Å²) in [4.78, 5) is 7.17. The average Bonchev–Trinajstić information content (AvgIpc) is 2.75. The molecule has 0 radical (unpaired) electrons. The van der Waals surface area contributed by atoms with E-state index < -0.39 is 0 Å². The lowest BCUT2D eigenvalue weighted by Crippen LogP contribution is -2.26. The van der Waals surface area contributed by atoms with Gasteiger partial charge in [0.2, 0.25) is 0 Å². The minimum absolute atomic E-state index is 0.412. The van der Waals surface area contributed by atoms with Crippen LogP contribution in [0.15, 0.2) is 12.4 Å². The Balaban J connectivity index is 1.63. The van der Waals surface area contributed by atoms with Crippen LogP contribution in [0.1, 0.15) is 18.7 Å². The van der Waals surface area contributed by atoms with Gasteiger partial charge in [-0.3, -0.25) is 0 Å². The van der Waals surface area contributed by atoms with Crippen molar-refractivity contribution in [1.82, 2.24) is 15.3 Å². The summed E-state index contributed by atoms with van der Waals surface area (Å²) in [5, 5.41) is 3.31. The quantitative estimate of drug-likeness (QED) is 0.718. The molecule has 1 aromatic rings. The molecule has 4 nitrogen and oxygen atoms in total. The van der Waals surface area contributed by atoms with Crippen LogP contribution in [0.25, 0.3) is 0 Å². The molecule has 0 aliphatic carbocycles. The maximum absolute atomic E-state index is 5.48. The zero-order valence-electron chi connectivity index (χ0n) is 7.62. The van der Waals surface area contributed by atoms with Gasteiger partial charge in [-0.25, -0.2) is 4.98 Å². The van der Waals surface area contributed by atoms with E-state index in [0.717, 1.165) is 25.5 Å². The van der Waals surface area contributed by atoms with Crippen LogP contribution < -0.4 is 5.32 Å². The molecule has 0 aromatic carbocycles. The van der Waals surface area contributed by atoms with E-state index in [9.17, 15) is 0 Å². The number of nitrogens with one attached hydrogen (secondary N) is 2. The Morgan fingerprint density at radius 3 is 3.38 bits per heavy atom. The van der Waals surface area contributed by atoms with Gasteiger partial charge in [-0.05, 0) is 12.8 Å². The van der Waals surface area contributed by atoms with E-state index in [4.69, 9.17) is 4.74 Å². The molecule has 2 heterocycles. The molecule has 2 N–H and O–H groups in total. The summed E-state index contributed by atoms with van der Waals surface area (Å²) in [6.45, 7) is 2.65. The summed E-state index contributed by atoms with van der Waals surface area (Å²) < 4.78 is 5.48. The van der Waals surface area contributed by atoms with Crippen molar-refractivity contribution in [3.05, 3.63) is 18.2 Å². The molecule has 0 bridgehead atoms. The van der Waals surface area contributed by atoms with Crippen LogP contribution in [0.5, 0.6) is 0 Å². The normalized spacial score (nSPS) is 22.3. The highest BCUT2D eigenvalue weighted by Crippen LogP contribution is 2.10. The first-order valence-electron chi connectivity index (χ1n) is 4.76. The lowest BCUT2D eigenvalue weighted by Gasteiger charge is -2.09. The van der Waals surface area contributed by atoms with E-state index >= 15 is 0 Å². The third-order valence-corrected chi connectivity index (χ3v) is 2.24. The number of hydrogen-bond acceptors (Lipinski definition) is 3. The van der Waals surface area contributed by atoms with Crippen LogP contribution in [-0.4, -0.2) is 29.2 Å². The first-order chi connectivity index (χ1) is 6.45. The second-order valence-electron chi connectivity index (χ2n) is 3.30. The van der Waals surface area contributed by atoms with Gasteiger partial charge in [0.1, 0.15) is 5.82 Å². The molecule has 1 aliphatic heterocycles. The van der Waals surface area contributed by atoms with Crippen molar-refractivity contribution < 1.29 is 4.74 Å². The van der Waals surface area contributed by atoms with Gasteiger partial charge in [0.05, 0.1) is 12.6 Å². The van der Waals surface area contributed by atoms with Crippen LogP contribution >= 0.6 is 0 Å². The fourth-order valence-electron chi connectivity index (χ4n) is 1.55. The van der Waals surface area contributed by atoms with E-state index in [1.807, 2.05) is 6.20 Å². The third kappa shape index (κ3) is 2.54. The average molecular weight is 181 g/mol. The number of ether oxygens (including phenoxy) is 1. The Kier molecular flexibility index (Phi) is 2.94. The zero-order valence-corrected chi connectivity index (χ0v) is 7.62.